The maximum absolute atomic E-state index is 6.03. The van der Waals surface area contributed by atoms with Gasteiger partial charge >= 0.3 is 0 Å². The Morgan fingerprint density at radius 2 is 2.00 bits per heavy atom. The van der Waals surface area contributed by atoms with Gasteiger partial charge in [0.05, 0.1) is 15.9 Å². The Balaban J connectivity index is 2.20. The molecule has 0 amide bonds. The van der Waals surface area contributed by atoms with E-state index in [1.54, 1.807) is 12.4 Å². The van der Waals surface area contributed by atoms with Gasteiger partial charge < -0.3 is 5.73 Å². The molecule has 6 heteroatoms. The molecule has 3 aromatic heterocycles. The quantitative estimate of drug-likeness (QED) is 0.778. The first-order valence-electron chi connectivity index (χ1n) is 5.53. The minimum Gasteiger partial charge on any atom is -0.398 e. The molecule has 0 radical (unpaired) electrons. The summed E-state index contributed by atoms with van der Waals surface area (Å²) < 4.78 is 0.756. The minimum absolute atomic E-state index is 0.626. The number of pyridine rings is 2. The molecule has 0 unspecified atom stereocenters. The molecular formula is C13H9BrN4S. The summed E-state index contributed by atoms with van der Waals surface area (Å²) in [5, 5.41) is 2.76. The highest BCUT2D eigenvalue weighted by atomic mass is 79.9. The molecule has 0 spiro atoms. The van der Waals surface area contributed by atoms with Crippen LogP contribution in [0.1, 0.15) is 0 Å². The average Bonchev–Trinajstić information content (AvgIpc) is 2.97. The lowest BCUT2D eigenvalue weighted by atomic mass is 10.2. The Kier molecular flexibility index (Phi) is 3.27. The van der Waals surface area contributed by atoms with E-state index in [4.69, 9.17) is 5.73 Å². The molecule has 19 heavy (non-hydrogen) atoms. The summed E-state index contributed by atoms with van der Waals surface area (Å²) in [5.41, 5.74) is 8.92. The Morgan fingerprint density at radius 3 is 2.68 bits per heavy atom. The summed E-state index contributed by atoms with van der Waals surface area (Å²) in [6.07, 6.45) is 3.48. The number of hydrogen-bond acceptors (Lipinski definition) is 5. The third-order valence-electron chi connectivity index (χ3n) is 2.54. The van der Waals surface area contributed by atoms with Crippen LogP contribution in [0.25, 0.3) is 22.1 Å². The lowest BCUT2D eigenvalue weighted by Gasteiger charge is -2.08. The van der Waals surface area contributed by atoms with E-state index in [1.165, 1.54) is 11.3 Å². The van der Waals surface area contributed by atoms with Crippen LogP contribution < -0.4 is 5.73 Å². The zero-order chi connectivity index (χ0) is 13.2. The first kappa shape index (κ1) is 12.3. The Hall–Kier alpha value is -1.79. The number of nitrogens with zero attached hydrogens (tertiary/aromatic N) is 3. The normalized spacial score (nSPS) is 10.6. The molecule has 0 fully saturated rings. The molecular weight excluding hydrogens is 324 g/mol. The van der Waals surface area contributed by atoms with Crippen LogP contribution >= 0.6 is 27.3 Å². The van der Waals surface area contributed by atoms with Crippen molar-refractivity contribution in [1.82, 2.24) is 15.0 Å². The Bertz CT molecular complexity index is 698. The summed E-state index contributed by atoms with van der Waals surface area (Å²) >= 11 is 5.00. The van der Waals surface area contributed by atoms with Gasteiger partial charge in [-0.2, -0.15) is 0 Å². The van der Waals surface area contributed by atoms with Crippen LogP contribution in [0, 0.1) is 0 Å². The number of hydrogen-bond donors (Lipinski definition) is 1. The monoisotopic (exact) mass is 332 g/mol. The molecule has 0 aliphatic carbocycles. The van der Waals surface area contributed by atoms with E-state index in [0.717, 1.165) is 26.6 Å². The number of aromatic nitrogens is 3. The molecule has 4 nitrogen and oxygen atoms in total. The maximum atomic E-state index is 6.03. The van der Waals surface area contributed by atoms with Crippen molar-refractivity contribution >= 4 is 33.0 Å². The molecule has 0 aromatic carbocycles. The highest BCUT2D eigenvalue weighted by molar-refractivity contribution is 9.10. The smallest absolute Gasteiger partial charge is 0.141 e. The lowest BCUT2D eigenvalue weighted by Crippen LogP contribution is -1.96. The summed E-state index contributed by atoms with van der Waals surface area (Å²) in [5.74, 6) is 0. The molecule has 94 valence electrons. The first-order chi connectivity index (χ1) is 9.25. The third-order valence-corrected chi connectivity index (χ3v) is 4.17. The van der Waals surface area contributed by atoms with Gasteiger partial charge in [0.1, 0.15) is 16.4 Å². The molecule has 0 aliphatic heterocycles. The van der Waals surface area contributed by atoms with E-state index in [9.17, 15) is 0 Å². The van der Waals surface area contributed by atoms with E-state index in [0.29, 0.717) is 5.69 Å². The van der Waals surface area contributed by atoms with Crippen molar-refractivity contribution in [2.45, 2.75) is 0 Å². The highest BCUT2D eigenvalue weighted by Gasteiger charge is 2.13. The second-order valence-electron chi connectivity index (χ2n) is 3.81. The van der Waals surface area contributed by atoms with Crippen molar-refractivity contribution in [3.8, 4) is 22.1 Å². The molecule has 3 aromatic rings. The highest BCUT2D eigenvalue weighted by Crippen LogP contribution is 2.33. The van der Waals surface area contributed by atoms with Crippen LogP contribution in [0.3, 0.4) is 0 Å². The number of anilines is 1. The van der Waals surface area contributed by atoms with Gasteiger partial charge in [0.15, 0.2) is 0 Å². The number of nitrogens with two attached hydrogens (primary N) is 1. The van der Waals surface area contributed by atoms with Gasteiger partial charge in [-0.15, -0.1) is 11.3 Å². The third kappa shape index (κ3) is 2.36. The summed E-state index contributed by atoms with van der Waals surface area (Å²) in [6, 6.07) is 7.50. The van der Waals surface area contributed by atoms with Gasteiger partial charge in [0.2, 0.25) is 0 Å². The van der Waals surface area contributed by atoms with Gasteiger partial charge in [0, 0.05) is 17.8 Å². The van der Waals surface area contributed by atoms with Crippen LogP contribution in [0.5, 0.6) is 0 Å². The predicted molar refractivity (Wildman–Crippen MR) is 80.7 cm³/mol. The Morgan fingerprint density at radius 1 is 1.11 bits per heavy atom. The molecule has 0 bridgehead atoms. The van der Waals surface area contributed by atoms with Crippen molar-refractivity contribution in [3.63, 3.8) is 0 Å². The summed E-state index contributed by atoms with van der Waals surface area (Å²) in [7, 11) is 0. The fourth-order valence-corrected chi connectivity index (χ4v) is 2.69. The predicted octanol–water partition coefficient (Wildman–Crippen LogP) is 3.61. The molecule has 0 aliphatic rings. The molecule has 0 saturated carbocycles. The topological polar surface area (TPSA) is 64.7 Å². The van der Waals surface area contributed by atoms with Crippen LogP contribution in [-0.4, -0.2) is 15.0 Å². The summed E-state index contributed by atoms with van der Waals surface area (Å²) in [6.45, 7) is 0. The van der Waals surface area contributed by atoms with Gasteiger partial charge in [-0.3, -0.25) is 4.98 Å². The minimum atomic E-state index is 0.626. The second kappa shape index (κ2) is 5.07. The first-order valence-corrected chi connectivity index (χ1v) is 7.20. The number of rotatable bonds is 2. The second-order valence-corrected chi connectivity index (χ2v) is 5.50. The molecule has 2 N–H and O–H groups in total. The summed E-state index contributed by atoms with van der Waals surface area (Å²) in [4.78, 5) is 13.2. The molecule has 3 heterocycles. The zero-order valence-electron chi connectivity index (χ0n) is 9.75. The van der Waals surface area contributed by atoms with Crippen molar-refractivity contribution < 1.29 is 0 Å². The lowest BCUT2D eigenvalue weighted by molar-refractivity contribution is 1.23. The molecule has 3 rings (SSSR count). The van der Waals surface area contributed by atoms with E-state index in [-0.39, 0.29) is 0 Å². The number of halogens is 1. The average molecular weight is 333 g/mol. The van der Waals surface area contributed by atoms with E-state index >= 15 is 0 Å². The Labute approximate surface area is 122 Å². The van der Waals surface area contributed by atoms with Crippen LogP contribution in [0.4, 0.5) is 5.69 Å². The fraction of sp³-hybridized carbons (Fsp3) is 0. The van der Waals surface area contributed by atoms with Crippen LogP contribution in [-0.2, 0) is 0 Å². The van der Waals surface area contributed by atoms with E-state index in [2.05, 4.69) is 30.9 Å². The van der Waals surface area contributed by atoms with Crippen LogP contribution in [0.2, 0.25) is 0 Å². The van der Waals surface area contributed by atoms with Gasteiger partial charge in [-0.05, 0) is 34.1 Å². The maximum Gasteiger partial charge on any atom is 0.141 e. The van der Waals surface area contributed by atoms with Crippen molar-refractivity contribution in [2.75, 3.05) is 5.73 Å². The van der Waals surface area contributed by atoms with Gasteiger partial charge in [0.25, 0.3) is 0 Å². The fourth-order valence-electron chi connectivity index (χ4n) is 1.68. The standard InChI is InChI=1S/C13H9BrN4S/c14-11-8(15)7-10(13-17-5-6-19-13)18-12(11)9-3-1-2-4-16-9/h1-7H,(H2,15,18). The van der Waals surface area contributed by atoms with Crippen molar-refractivity contribution in [1.29, 1.82) is 0 Å². The number of thiazole rings is 1. The van der Waals surface area contributed by atoms with E-state index in [1.807, 2.05) is 29.6 Å². The number of nitrogen functional groups attached to an aromatic ring is 1. The zero-order valence-corrected chi connectivity index (χ0v) is 12.1. The van der Waals surface area contributed by atoms with Gasteiger partial charge in [-0.25, -0.2) is 9.97 Å². The largest absolute Gasteiger partial charge is 0.398 e. The van der Waals surface area contributed by atoms with Crippen molar-refractivity contribution in [3.05, 3.63) is 46.5 Å². The SMILES string of the molecule is Nc1cc(-c2nccs2)nc(-c2ccccn2)c1Br. The van der Waals surface area contributed by atoms with E-state index < -0.39 is 0 Å². The van der Waals surface area contributed by atoms with Crippen molar-refractivity contribution in [2.24, 2.45) is 0 Å². The molecule has 0 atom stereocenters. The molecule has 0 saturated heterocycles. The van der Waals surface area contributed by atoms with Gasteiger partial charge in [-0.1, -0.05) is 6.07 Å². The van der Waals surface area contributed by atoms with Crippen LogP contribution in [0.15, 0.2) is 46.5 Å².